The van der Waals surface area contributed by atoms with Crippen LogP contribution in [0.4, 0.5) is 0 Å². The van der Waals surface area contributed by atoms with E-state index in [9.17, 15) is 0 Å². The Balaban J connectivity index is 2.10. The molecule has 18 heavy (non-hydrogen) atoms. The quantitative estimate of drug-likeness (QED) is 0.753. The van der Waals surface area contributed by atoms with Crippen molar-refractivity contribution >= 4 is 11.1 Å². The molecule has 4 nitrogen and oxygen atoms in total. The molecule has 2 rings (SSSR count). The van der Waals surface area contributed by atoms with Gasteiger partial charge >= 0.3 is 0 Å². The van der Waals surface area contributed by atoms with Gasteiger partial charge in [-0.2, -0.15) is 5.26 Å². The minimum atomic E-state index is 0.275. The van der Waals surface area contributed by atoms with Gasteiger partial charge in [0, 0.05) is 18.4 Å². The van der Waals surface area contributed by atoms with E-state index < -0.39 is 0 Å². The third-order valence-corrected chi connectivity index (χ3v) is 2.57. The van der Waals surface area contributed by atoms with Gasteiger partial charge in [-0.25, -0.2) is 4.98 Å². The van der Waals surface area contributed by atoms with Crippen LogP contribution in [-0.2, 0) is 0 Å². The van der Waals surface area contributed by atoms with Gasteiger partial charge in [-0.15, -0.1) is 0 Å². The van der Waals surface area contributed by atoms with Crippen LogP contribution in [0.1, 0.15) is 38.5 Å². The van der Waals surface area contributed by atoms with Gasteiger partial charge < -0.3 is 9.15 Å². The Morgan fingerprint density at radius 1 is 1.44 bits per heavy atom. The van der Waals surface area contributed by atoms with Crippen LogP contribution in [0.5, 0.6) is 5.75 Å². The zero-order valence-corrected chi connectivity index (χ0v) is 10.6. The Hall–Kier alpha value is -2.02. The molecule has 0 atom stereocenters. The van der Waals surface area contributed by atoms with Gasteiger partial charge in [-0.1, -0.05) is 13.8 Å². The molecule has 0 aliphatic carbocycles. The van der Waals surface area contributed by atoms with Crippen molar-refractivity contribution in [3.05, 3.63) is 24.1 Å². The van der Waals surface area contributed by atoms with Crippen LogP contribution in [0.2, 0.25) is 0 Å². The van der Waals surface area contributed by atoms with E-state index in [0.29, 0.717) is 13.0 Å². The summed E-state index contributed by atoms with van der Waals surface area (Å²) in [6, 6.07) is 7.70. The molecule has 0 radical (unpaired) electrons. The average Bonchev–Trinajstić information content (AvgIpc) is 2.78. The lowest BCUT2D eigenvalue weighted by Crippen LogP contribution is -1.96. The Morgan fingerprint density at radius 2 is 2.28 bits per heavy atom. The van der Waals surface area contributed by atoms with Crippen LogP contribution < -0.4 is 4.74 Å². The normalized spacial score (nSPS) is 10.8. The number of rotatable bonds is 5. The highest BCUT2D eigenvalue weighted by Gasteiger charge is 2.09. The summed E-state index contributed by atoms with van der Waals surface area (Å²) in [5, 5.41) is 8.43. The van der Waals surface area contributed by atoms with E-state index in [1.54, 1.807) is 0 Å². The lowest BCUT2D eigenvalue weighted by molar-refractivity contribution is 0.313. The van der Waals surface area contributed by atoms with E-state index >= 15 is 0 Å². The molecular weight excluding hydrogens is 228 g/mol. The molecule has 2 aromatic rings. The number of fused-ring (bicyclic) bond motifs is 1. The molecule has 0 saturated carbocycles. The van der Waals surface area contributed by atoms with Crippen molar-refractivity contribution in [2.24, 2.45) is 0 Å². The zero-order valence-electron chi connectivity index (χ0n) is 10.6. The van der Waals surface area contributed by atoms with E-state index in [2.05, 4.69) is 11.1 Å². The van der Waals surface area contributed by atoms with E-state index in [0.717, 1.165) is 29.2 Å². The molecule has 0 aliphatic rings. The Morgan fingerprint density at radius 3 is 3.00 bits per heavy atom. The second-order valence-electron chi connectivity index (χ2n) is 4.45. The second kappa shape index (κ2) is 5.54. The van der Waals surface area contributed by atoms with Crippen LogP contribution >= 0.6 is 0 Å². The van der Waals surface area contributed by atoms with E-state index in [1.165, 1.54) is 0 Å². The smallest absolute Gasteiger partial charge is 0.198 e. The molecule has 94 valence electrons. The molecule has 0 spiro atoms. The lowest BCUT2D eigenvalue weighted by atomic mass is 10.2. The minimum Gasteiger partial charge on any atom is -0.493 e. The standard InChI is InChI=1S/C14H16N2O2/c1-10(2)14-16-12-9-11(5-6-13(12)18-14)17-8-4-3-7-15/h5-6,9-10H,3-4,8H2,1-2H3. The number of nitrogens with zero attached hydrogens (tertiary/aromatic N) is 2. The number of hydrogen-bond donors (Lipinski definition) is 0. The highest BCUT2D eigenvalue weighted by atomic mass is 16.5. The lowest BCUT2D eigenvalue weighted by Gasteiger charge is -2.03. The molecule has 0 N–H and O–H groups in total. The fraction of sp³-hybridized carbons (Fsp3) is 0.429. The summed E-state index contributed by atoms with van der Waals surface area (Å²) in [6.45, 7) is 4.64. The first kappa shape index (κ1) is 12.4. The first-order chi connectivity index (χ1) is 8.70. The van der Waals surface area contributed by atoms with Gasteiger partial charge in [0.1, 0.15) is 11.3 Å². The van der Waals surface area contributed by atoms with Crippen molar-refractivity contribution in [2.75, 3.05) is 6.61 Å². The first-order valence-electron chi connectivity index (χ1n) is 6.11. The number of aromatic nitrogens is 1. The highest BCUT2D eigenvalue weighted by Crippen LogP contribution is 2.24. The number of hydrogen-bond acceptors (Lipinski definition) is 4. The number of ether oxygens (including phenoxy) is 1. The van der Waals surface area contributed by atoms with Gasteiger partial charge in [0.25, 0.3) is 0 Å². The fourth-order valence-electron chi connectivity index (χ4n) is 1.60. The molecular formula is C14H16N2O2. The van der Waals surface area contributed by atoms with Crippen LogP contribution in [-0.4, -0.2) is 11.6 Å². The summed E-state index contributed by atoms with van der Waals surface area (Å²) in [6.07, 6.45) is 1.26. The maximum atomic E-state index is 8.43. The molecule has 4 heteroatoms. The molecule has 0 unspecified atom stereocenters. The Labute approximate surface area is 106 Å². The summed E-state index contributed by atoms with van der Waals surface area (Å²) in [7, 11) is 0. The predicted molar refractivity (Wildman–Crippen MR) is 68.4 cm³/mol. The van der Waals surface area contributed by atoms with Crippen LogP contribution in [0, 0.1) is 11.3 Å². The summed E-state index contributed by atoms with van der Waals surface area (Å²) in [5.74, 6) is 1.79. The van der Waals surface area contributed by atoms with E-state index in [1.807, 2.05) is 32.0 Å². The average molecular weight is 244 g/mol. The van der Waals surface area contributed by atoms with Crippen molar-refractivity contribution in [1.82, 2.24) is 4.98 Å². The van der Waals surface area contributed by atoms with E-state index in [-0.39, 0.29) is 5.92 Å². The van der Waals surface area contributed by atoms with E-state index in [4.69, 9.17) is 14.4 Å². The number of benzene rings is 1. The van der Waals surface area contributed by atoms with Gasteiger partial charge in [0.05, 0.1) is 12.7 Å². The van der Waals surface area contributed by atoms with Gasteiger partial charge in [0.2, 0.25) is 0 Å². The van der Waals surface area contributed by atoms with Crippen molar-refractivity contribution in [1.29, 1.82) is 5.26 Å². The van der Waals surface area contributed by atoms with Gasteiger partial charge in [-0.05, 0) is 18.6 Å². The van der Waals surface area contributed by atoms with Crippen LogP contribution in [0.3, 0.4) is 0 Å². The molecule has 0 fully saturated rings. The van der Waals surface area contributed by atoms with Crippen molar-refractivity contribution < 1.29 is 9.15 Å². The minimum absolute atomic E-state index is 0.275. The number of nitriles is 1. The molecule has 0 aliphatic heterocycles. The fourth-order valence-corrected chi connectivity index (χ4v) is 1.60. The third kappa shape index (κ3) is 2.80. The Bertz CT molecular complexity index is 567. The monoisotopic (exact) mass is 244 g/mol. The van der Waals surface area contributed by atoms with Crippen molar-refractivity contribution in [3.63, 3.8) is 0 Å². The third-order valence-electron chi connectivity index (χ3n) is 2.57. The molecule has 0 saturated heterocycles. The summed E-state index contributed by atoms with van der Waals surface area (Å²) < 4.78 is 11.2. The van der Waals surface area contributed by atoms with Crippen LogP contribution in [0.15, 0.2) is 22.6 Å². The predicted octanol–water partition coefficient (Wildman–Crippen LogP) is 3.63. The maximum absolute atomic E-state index is 8.43. The molecule has 0 bridgehead atoms. The first-order valence-corrected chi connectivity index (χ1v) is 6.11. The largest absolute Gasteiger partial charge is 0.493 e. The maximum Gasteiger partial charge on any atom is 0.198 e. The molecule has 0 amide bonds. The summed E-state index contributed by atoms with van der Waals surface area (Å²) in [4.78, 5) is 4.42. The van der Waals surface area contributed by atoms with Gasteiger partial charge in [0.15, 0.2) is 11.5 Å². The zero-order chi connectivity index (χ0) is 13.0. The SMILES string of the molecule is CC(C)c1nc2cc(OCCCC#N)ccc2o1. The highest BCUT2D eigenvalue weighted by molar-refractivity contribution is 5.74. The number of unbranched alkanes of at least 4 members (excludes halogenated alkanes) is 1. The number of oxazole rings is 1. The topological polar surface area (TPSA) is 59.0 Å². The molecule has 1 aromatic carbocycles. The van der Waals surface area contributed by atoms with Crippen molar-refractivity contribution in [2.45, 2.75) is 32.6 Å². The van der Waals surface area contributed by atoms with Crippen molar-refractivity contribution in [3.8, 4) is 11.8 Å². The summed E-state index contributed by atoms with van der Waals surface area (Å²) >= 11 is 0. The Kier molecular flexibility index (Phi) is 3.83. The molecule has 1 aromatic heterocycles. The summed E-state index contributed by atoms with van der Waals surface area (Å²) in [5.41, 5.74) is 1.60. The molecule has 1 heterocycles. The second-order valence-corrected chi connectivity index (χ2v) is 4.45. The van der Waals surface area contributed by atoms with Crippen LogP contribution in [0.25, 0.3) is 11.1 Å². The van der Waals surface area contributed by atoms with Gasteiger partial charge in [-0.3, -0.25) is 0 Å².